The van der Waals surface area contributed by atoms with Crippen LogP contribution in [0, 0.1) is 6.92 Å². The first-order valence-corrected chi connectivity index (χ1v) is 9.49. The summed E-state index contributed by atoms with van der Waals surface area (Å²) >= 11 is 0. The van der Waals surface area contributed by atoms with E-state index >= 15 is 0 Å². The van der Waals surface area contributed by atoms with E-state index in [0.717, 1.165) is 54.3 Å². The molecule has 0 saturated carbocycles. The van der Waals surface area contributed by atoms with Crippen LogP contribution in [-0.4, -0.2) is 47.7 Å². The Balaban J connectivity index is 1.46. The van der Waals surface area contributed by atoms with Crippen molar-refractivity contribution in [2.75, 3.05) is 31.6 Å². The number of piperazine rings is 1. The molecular weight excluding hydrogens is 336 g/mol. The van der Waals surface area contributed by atoms with Crippen LogP contribution in [0.15, 0.2) is 48.5 Å². The number of anilines is 1. The van der Waals surface area contributed by atoms with Gasteiger partial charge in [-0.2, -0.15) is 0 Å². The van der Waals surface area contributed by atoms with Crippen molar-refractivity contribution in [2.24, 2.45) is 0 Å². The molecule has 2 aromatic carbocycles. The lowest BCUT2D eigenvalue weighted by molar-refractivity contribution is 0.178. The summed E-state index contributed by atoms with van der Waals surface area (Å²) in [6.45, 7) is 8.23. The molecule has 27 heavy (non-hydrogen) atoms. The highest BCUT2D eigenvalue weighted by molar-refractivity contribution is 5.74. The van der Waals surface area contributed by atoms with E-state index in [1.54, 1.807) is 7.11 Å². The number of fused-ring (bicyclic) bond motifs is 1. The molecule has 1 fully saturated rings. The van der Waals surface area contributed by atoms with Crippen LogP contribution in [0.25, 0.3) is 11.0 Å². The minimum absolute atomic E-state index is 0.452. The molecule has 1 unspecified atom stereocenters. The average Bonchev–Trinajstić information content (AvgIpc) is 2.70. The molecule has 0 N–H and O–H groups in total. The fourth-order valence-electron chi connectivity index (χ4n) is 3.72. The number of ether oxygens (including phenoxy) is 1. The molecule has 2 heterocycles. The molecule has 0 amide bonds. The molecule has 1 saturated heterocycles. The zero-order valence-electron chi connectivity index (χ0n) is 16.2. The van der Waals surface area contributed by atoms with E-state index in [0.29, 0.717) is 6.04 Å². The first-order chi connectivity index (χ1) is 13.1. The first kappa shape index (κ1) is 17.7. The molecule has 1 aliphatic rings. The Kier molecular flexibility index (Phi) is 4.94. The lowest BCUT2D eigenvalue weighted by Gasteiger charge is -2.41. The van der Waals surface area contributed by atoms with E-state index in [2.05, 4.69) is 35.8 Å². The Bertz CT molecular complexity index is 925. The molecule has 1 aliphatic heterocycles. The summed E-state index contributed by atoms with van der Waals surface area (Å²) in [7, 11) is 1.70. The highest BCUT2D eigenvalue weighted by Gasteiger charge is 2.25. The number of aryl methyl sites for hydroxylation is 1. The van der Waals surface area contributed by atoms with Gasteiger partial charge in [0, 0.05) is 37.9 Å². The topological polar surface area (TPSA) is 41.5 Å². The van der Waals surface area contributed by atoms with Crippen molar-refractivity contribution in [1.82, 2.24) is 14.9 Å². The molecule has 0 radical (unpaired) electrons. The Hall–Kier alpha value is -2.66. The van der Waals surface area contributed by atoms with Gasteiger partial charge in [-0.15, -0.1) is 0 Å². The Morgan fingerprint density at radius 2 is 1.70 bits per heavy atom. The lowest BCUT2D eigenvalue weighted by atomic mass is 10.1. The van der Waals surface area contributed by atoms with Crippen LogP contribution in [0.1, 0.15) is 18.3 Å². The predicted molar refractivity (Wildman–Crippen MR) is 109 cm³/mol. The van der Waals surface area contributed by atoms with Crippen molar-refractivity contribution in [3.63, 3.8) is 0 Å². The fraction of sp³-hybridized carbons (Fsp3) is 0.364. The van der Waals surface area contributed by atoms with Crippen molar-refractivity contribution >= 4 is 16.7 Å². The minimum atomic E-state index is 0.452. The second kappa shape index (κ2) is 7.53. The number of rotatable bonds is 4. The van der Waals surface area contributed by atoms with Gasteiger partial charge >= 0.3 is 0 Å². The highest BCUT2D eigenvalue weighted by Crippen LogP contribution is 2.23. The standard InChI is InChI=1S/C22H26N4O/c1-16-14-26(18-8-10-19(27-3)11-9-18)13-12-25(16)15-22-17(2)23-20-6-4-5-7-21(20)24-22/h4-11,16H,12-15H2,1-3H3. The molecule has 0 bridgehead atoms. The lowest BCUT2D eigenvalue weighted by Crippen LogP contribution is -2.51. The zero-order chi connectivity index (χ0) is 18.8. The van der Waals surface area contributed by atoms with Gasteiger partial charge in [-0.25, -0.2) is 9.97 Å². The summed E-state index contributed by atoms with van der Waals surface area (Å²) < 4.78 is 5.26. The van der Waals surface area contributed by atoms with E-state index in [-0.39, 0.29) is 0 Å². The van der Waals surface area contributed by atoms with E-state index in [4.69, 9.17) is 14.7 Å². The van der Waals surface area contributed by atoms with Gasteiger partial charge in [0.05, 0.1) is 29.5 Å². The summed E-state index contributed by atoms with van der Waals surface area (Å²) in [6.07, 6.45) is 0. The van der Waals surface area contributed by atoms with Crippen LogP contribution in [0.4, 0.5) is 5.69 Å². The van der Waals surface area contributed by atoms with E-state index in [1.807, 2.05) is 36.4 Å². The normalized spacial score (nSPS) is 18.0. The minimum Gasteiger partial charge on any atom is -0.497 e. The van der Waals surface area contributed by atoms with Gasteiger partial charge in [-0.05, 0) is 50.2 Å². The van der Waals surface area contributed by atoms with Gasteiger partial charge in [0.1, 0.15) is 5.75 Å². The summed E-state index contributed by atoms with van der Waals surface area (Å²) in [4.78, 5) is 14.6. The van der Waals surface area contributed by atoms with Crippen molar-refractivity contribution in [1.29, 1.82) is 0 Å². The van der Waals surface area contributed by atoms with Crippen LogP contribution in [-0.2, 0) is 6.54 Å². The monoisotopic (exact) mass is 362 g/mol. The number of hydrogen-bond donors (Lipinski definition) is 0. The van der Waals surface area contributed by atoms with Gasteiger partial charge in [-0.1, -0.05) is 12.1 Å². The van der Waals surface area contributed by atoms with E-state index in [9.17, 15) is 0 Å². The predicted octanol–water partition coefficient (Wildman–Crippen LogP) is 3.66. The van der Waals surface area contributed by atoms with E-state index in [1.165, 1.54) is 5.69 Å². The molecule has 5 heteroatoms. The van der Waals surface area contributed by atoms with Crippen molar-refractivity contribution in [2.45, 2.75) is 26.4 Å². The first-order valence-electron chi connectivity index (χ1n) is 9.49. The Morgan fingerprint density at radius 1 is 1.00 bits per heavy atom. The highest BCUT2D eigenvalue weighted by atomic mass is 16.5. The number of hydrogen-bond acceptors (Lipinski definition) is 5. The van der Waals surface area contributed by atoms with Gasteiger partial charge in [-0.3, -0.25) is 4.90 Å². The molecule has 1 aromatic heterocycles. The van der Waals surface area contributed by atoms with Crippen molar-refractivity contribution < 1.29 is 4.74 Å². The maximum atomic E-state index is 5.26. The average molecular weight is 362 g/mol. The van der Waals surface area contributed by atoms with Crippen LogP contribution in [0.3, 0.4) is 0 Å². The third-order valence-electron chi connectivity index (χ3n) is 5.40. The molecule has 1 atom stereocenters. The van der Waals surface area contributed by atoms with Gasteiger partial charge in [0.15, 0.2) is 0 Å². The molecule has 0 spiro atoms. The van der Waals surface area contributed by atoms with Crippen LogP contribution in [0.2, 0.25) is 0 Å². The third-order valence-corrected chi connectivity index (χ3v) is 5.40. The number of nitrogens with zero attached hydrogens (tertiary/aromatic N) is 4. The molecule has 0 aliphatic carbocycles. The summed E-state index contributed by atoms with van der Waals surface area (Å²) in [5.74, 6) is 0.899. The molecule has 3 aromatic rings. The Morgan fingerprint density at radius 3 is 2.37 bits per heavy atom. The summed E-state index contributed by atoms with van der Waals surface area (Å²) in [5, 5.41) is 0. The van der Waals surface area contributed by atoms with Gasteiger partial charge < -0.3 is 9.64 Å². The number of para-hydroxylation sites is 2. The molecule has 5 nitrogen and oxygen atoms in total. The maximum absolute atomic E-state index is 5.26. The van der Waals surface area contributed by atoms with Gasteiger partial charge in [0.2, 0.25) is 0 Å². The quantitative estimate of drug-likeness (QED) is 0.708. The molecular formula is C22H26N4O. The number of aromatic nitrogens is 2. The van der Waals surface area contributed by atoms with Gasteiger partial charge in [0.25, 0.3) is 0 Å². The second-order valence-electron chi connectivity index (χ2n) is 7.21. The van der Waals surface area contributed by atoms with Crippen LogP contribution >= 0.6 is 0 Å². The largest absolute Gasteiger partial charge is 0.497 e. The summed E-state index contributed by atoms with van der Waals surface area (Å²) in [6, 6.07) is 16.9. The fourth-order valence-corrected chi connectivity index (χ4v) is 3.72. The summed E-state index contributed by atoms with van der Waals surface area (Å²) in [5.41, 5.74) is 5.31. The Labute approximate surface area is 160 Å². The SMILES string of the molecule is COc1ccc(N2CCN(Cc3nc4ccccc4nc3C)C(C)C2)cc1. The number of methoxy groups -OCH3 is 1. The smallest absolute Gasteiger partial charge is 0.119 e. The van der Waals surface area contributed by atoms with Crippen LogP contribution in [0.5, 0.6) is 5.75 Å². The van der Waals surface area contributed by atoms with Crippen molar-refractivity contribution in [3.8, 4) is 5.75 Å². The van der Waals surface area contributed by atoms with E-state index < -0.39 is 0 Å². The third kappa shape index (κ3) is 3.74. The van der Waals surface area contributed by atoms with Crippen molar-refractivity contribution in [3.05, 3.63) is 59.9 Å². The molecule has 140 valence electrons. The molecule has 4 rings (SSSR count). The van der Waals surface area contributed by atoms with Crippen LogP contribution < -0.4 is 9.64 Å². The second-order valence-corrected chi connectivity index (χ2v) is 7.21. The maximum Gasteiger partial charge on any atom is 0.119 e. The zero-order valence-corrected chi connectivity index (χ0v) is 16.2. The number of benzene rings is 2.